The molecule has 0 aromatic rings. The van der Waals surface area contributed by atoms with Crippen LogP contribution < -0.4 is 5.32 Å². The largest absolute Gasteiger partial charge is 0.309 e. The second kappa shape index (κ2) is 4.05. The molecular formula is C9H18FN. The second-order valence-corrected chi connectivity index (χ2v) is 3.92. The highest BCUT2D eigenvalue weighted by Crippen LogP contribution is 2.20. The van der Waals surface area contributed by atoms with Gasteiger partial charge in [0.1, 0.15) is 6.67 Å². The van der Waals surface area contributed by atoms with Crippen LogP contribution in [0.2, 0.25) is 0 Å². The third-order valence-corrected chi connectivity index (χ3v) is 1.99. The molecule has 66 valence electrons. The molecule has 11 heavy (non-hydrogen) atoms. The molecule has 2 heteroatoms. The van der Waals surface area contributed by atoms with Crippen molar-refractivity contribution in [1.82, 2.24) is 5.32 Å². The summed E-state index contributed by atoms with van der Waals surface area (Å²) in [4.78, 5) is 0. The quantitative estimate of drug-likeness (QED) is 0.648. The molecule has 1 aliphatic rings. The van der Waals surface area contributed by atoms with E-state index in [9.17, 15) is 4.39 Å². The molecule has 0 saturated heterocycles. The molecule has 1 aliphatic carbocycles. The van der Waals surface area contributed by atoms with E-state index in [4.69, 9.17) is 0 Å². The van der Waals surface area contributed by atoms with E-state index >= 15 is 0 Å². The third-order valence-electron chi connectivity index (χ3n) is 1.99. The Balaban J connectivity index is 2.12. The Bertz CT molecular complexity index is 106. The minimum Gasteiger partial charge on any atom is -0.309 e. The maximum atomic E-state index is 12.3. The molecule has 0 radical (unpaired) electrons. The van der Waals surface area contributed by atoms with Crippen LogP contribution in [0.1, 0.15) is 33.1 Å². The monoisotopic (exact) mass is 159 g/mol. The molecule has 1 nitrogen and oxygen atoms in total. The van der Waals surface area contributed by atoms with Crippen LogP contribution in [0.5, 0.6) is 0 Å². The predicted molar refractivity (Wildman–Crippen MR) is 45.4 cm³/mol. The van der Waals surface area contributed by atoms with Crippen LogP contribution in [0.15, 0.2) is 0 Å². The van der Waals surface area contributed by atoms with E-state index in [0.717, 1.165) is 6.42 Å². The van der Waals surface area contributed by atoms with Crippen LogP contribution in [-0.4, -0.2) is 18.8 Å². The molecule has 0 bridgehead atoms. The van der Waals surface area contributed by atoms with Crippen molar-refractivity contribution in [2.45, 2.75) is 45.2 Å². The zero-order chi connectivity index (χ0) is 8.27. The molecule has 1 saturated carbocycles. The summed E-state index contributed by atoms with van der Waals surface area (Å²) < 4.78 is 12.3. The molecule has 1 unspecified atom stereocenters. The zero-order valence-corrected chi connectivity index (χ0v) is 7.44. The molecule has 0 heterocycles. The van der Waals surface area contributed by atoms with Crippen molar-refractivity contribution in [3.8, 4) is 0 Å². The number of hydrogen-bond acceptors (Lipinski definition) is 1. The van der Waals surface area contributed by atoms with Gasteiger partial charge in [-0.25, -0.2) is 4.39 Å². The summed E-state index contributed by atoms with van der Waals surface area (Å²) in [7, 11) is 0. The van der Waals surface area contributed by atoms with Gasteiger partial charge in [-0.05, 0) is 25.2 Å². The van der Waals surface area contributed by atoms with Crippen LogP contribution >= 0.6 is 0 Å². The van der Waals surface area contributed by atoms with Gasteiger partial charge < -0.3 is 5.32 Å². The van der Waals surface area contributed by atoms with Crippen LogP contribution in [0.3, 0.4) is 0 Å². The van der Waals surface area contributed by atoms with Gasteiger partial charge in [0.25, 0.3) is 0 Å². The normalized spacial score (nSPS) is 20.7. The van der Waals surface area contributed by atoms with E-state index in [1.807, 2.05) is 0 Å². The lowest BCUT2D eigenvalue weighted by atomic mass is 10.0. The Labute approximate surface area is 68.4 Å². The first-order valence-corrected chi connectivity index (χ1v) is 4.54. The van der Waals surface area contributed by atoms with Crippen molar-refractivity contribution in [2.75, 3.05) is 6.67 Å². The van der Waals surface area contributed by atoms with E-state index in [-0.39, 0.29) is 12.7 Å². The topological polar surface area (TPSA) is 12.0 Å². The molecular weight excluding hydrogens is 141 g/mol. The predicted octanol–water partition coefficient (Wildman–Crippen LogP) is 2.12. The zero-order valence-electron chi connectivity index (χ0n) is 7.44. The van der Waals surface area contributed by atoms with Crippen molar-refractivity contribution >= 4 is 0 Å². The van der Waals surface area contributed by atoms with Gasteiger partial charge in [-0.2, -0.15) is 0 Å². The standard InChI is InChI=1S/C9H18FN/c1-7(2)5-9(6-10)11-8-3-4-8/h7-9,11H,3-6H2,1-2H3. The van der Waals surface area contributed by atoms with E-state index in [1.54, 1.807) is 0 Å². The van der Waals surface area contributed by atoms with Crippen molar-refractivity contribution in [1.29, 1.82) is 0 Å². The smallest absolute Gasteiger partial charge is 0.105 e. The van der Waals surface area contributed by atoms with Gasteiger partial charge >= 0.3 is 0 Å². The first-order chi connectivity index (χ1) is 5.22. The fourth-order valence-electron chi connectivity index (χ4n) is 1.33. The number of alkyl halides is 1. The Morgan fingerprint density at radius 3 is 2.45 bits per heavy atom. The number of nitrogens with one attached hydrogen (secondary N) is 1. The summed E-state index contributed by atoms with van der Waals surface area (Å²) >= 11 is 0. The molecule has 1 atom stereocenters. The molecule has 0 aliphatic heterocycles. The first-order valence-electron chi connectivity index (χ1n) is 4.54. The molecule has 0 aromatic carbocycles. The maximum absolute atomic E-state index is 12.3. The molecule has 0 aromatic heterocycles. The van der Waals surface area contributed by atoms with Crippen molar-refractivity contribution < 1.29 is 4.39 Å². The minimum absolute atomic E-state index is 0.113. The summed E-state index contributed by atoms with van der Waals surface area (Å²) in [6.07, 6.45) is 3.45. The fourth-order valence-corrected chi connectivity index (χ4v) is 1.33. The maximum Gasteiger partial charge on any atom is 0.105 e. The Kier molecular flexibility index (Phi) is 3.31. The van der Waals surface area contributed by atoms with Crippen molar-refractivity contribution in [2.24, 2.45) is 5.92 Å². The summed E-state index contributed by atoms with van der Waals surface area (Å²) in [5, 5.41) is 3.30. The molecule has 0 spiro atoms. The van der Waals surface area contributed by atoms with Crippen LogP contribution in [-0.2, 0) is 0 Å². The van der Waals surface area contributed by atoms with E-state index in [0.29, 0.717) is 12.0 Å². The average molecular weight is 159 g/mol. The third kappa shape index (κ3) is 3.71. The van der Waals surface area contributed by atoms with Crippen molar-refractivity contribution in [3.05, 3.63) is 0 Å². The Morgan fingerprint density at radius 2 is 2.09 bits per heavy atom. The number of hydrogen-bond donors (Lipinski definition) is 1. The highest BCUT2D eigenvalue weighted by atomic mass is 19.1. The van der Waals surface area contributed by atoms with E-state index in [1.165, 1.54) is 12.8 Å². The Morgan fingerprint density at radius 1 is 1.45 bits per heavy atom. The van der Waals surface area contributed by atoms with Crippen LogP contribution in [0, 0.1) is 5.92 Å². The lowest BCUT2D eigenvalue weighted by Gasteiger charge is -2.16. The summed E-state index contributed by atoms with van der Waals surface area (Å²) in [5.41, 5.74) is 0. The van der Waals surface area contributed by atoms with Gasteiger partial charge in [0.05, 0.1) is 0 Å². The average Bonchev–Trinajstić information content (AvgIpc) is 2.69. The lowest BCUT2D eigenvalue weighted by molar-refractivity contribution is 0.328. The van der Waals surface area contributed by atoms with Gasteiger partial charge in [0.2, 0.25) is 0 Å². The van der Waals surface area contributed by atoms with Gasteiger partial charge in [-0.1, -0.05) is 13.8 Å². The van der Waals surface area contributed by atoms with E-state index in [2.05, 4.69) is 19.2 Å². The molecule has 1 N–H and O–H groups in total. The molecule has 1 rings (SSSR count). The van der Waals surface area contributed by atoms with Gasteiger partial charge in [0.15, 0.2) is 0 Å². The Hall–Kier alpha value is -0.110. The second-order valence-electron chi connectivity index (χ2n) is 3.92. The number of rotatable bonds is 5. The highest BCUT2D eigenvalue weighted by molar-refractivity contribution is 4.84. The molecule has 0 amide bonds. The van der Waals surface area contributed by atoms with Gasteiger partial charge in [-0.15, -0.1) is 0 Å². The highest BCUT2D eigenvalue weighted by Gasteiger charge is 2.24. The van der Waals surface area contributed by atoms with Crippen LogP contribution in [0.25, 0.3) is 0 Å². The molecule has 1 fully saturated rings. The number of halogens is 1. The van der Waals surface area contributed by atoms with Crippen molar-refractivity contribution in [3.63, 3.8) is 0 Å². The van der Waals surface area contributed by atoms with E-state index < -0.39 is 0 Å². The summed E-state index contributed by atoms with van der Waals surface area (Å²) in [6.45, 7) is 4.06. The lowest BCUT2D eigenvalue weighted by Crippen LogP contribution is -2.33. The summed E-state index contributed by atoms with van der Waals surface area (Å²) in [6, 6.07) is 0.747. The fraction of sp³-hybridized carbons (Fsp3) is 1.00. The summed E-state index contributed by atoms with van der Waals surface area (Å²) in [5.74, 6) is 0.599. The first kappa shape index (κ1) is 8.98. The van der Waals surface area contributed by atoms with Gasteiger partial charge in [-0.3, -0.25) is 0 Å². The SMILES string of the molecule is CC(C)CC(CF)NC1CC1. The van der Waals surface area contributed by atoms with Crippen LogP contribution in [0.4, 0.5) is 4.39 Å². The minimum atomic E-state index is -0.214. The van der Waals surface area contributed by atoms with Gasteiger partial charge in [0, 0.05) is 12.1 Å².